The molecule has 4 heteroatoms. The zero-order valence-corrected chi connectivity index (χ0v) is 8.93. The SMILES string of the molecule is NCCc1nccc(Nc2ccccc2)n1. The van der Waals surface area contributed by atoms with E-state index in [4.69, 9.17) is 5.73 Å². The first kappa shape index (κ1) is 10.6. The number of aromatic nitrogens is 2. The minimum Gasteiger partial charge on any atom is -0.340 e. The fourth-order valence-electron chi connectivity index (χ4n) is 1.39. The van der Waals surface area contributed by atoms with Crippen LogP contribution in [0.25, 0.3) is 0 Å². The van der Waals surface area contributed by atoms with Crippen molar-refractivity contribution in [3.63, 3.8) is 0 Å². The van der Waals surface area contributed by atoms with Crippen LogP contribution >= 0.6 is 0 Å². The van der Waals surface area contributed by atoms with Crippen molar-refractivity contribution in [1.82, 2.24) is 9.97 Å². The summed E-state index contributed by atoms with van der Waals surface area (Å²) < 4.78 is 0. The van der Waals surface area contributed by atoms with Crippen molar-refractivity contribution in [2.75, 3.05) is 11.9 Å². The zero-order valence-electron chi connectivity index (χ0n) is 8.93. The van der Waals surface area contributed by atoms with E-state index in [-0.39, 0.29) is 0 Å². The van der Waals surface area contributed by atoms with Crippen LogP contribution < -0.4 is 11.1 Å². The molecule has 4 nitrogen and oxygen atoms in total. The predicted octanol–water partition coefficient (Wildman–Crippen LogP) is 1.72. The molecule has 2 rings (SSSR count). The topological polar surface area (TPSA) is 63.8 Å². The van der Waals surface area contributed by atoms with Crippen LogP contribution in [0.4, 0.5) is 11.5 Å². The van der Waals surface area contributed by atoms with Gasteiger partial charge in [0, 0.05) is 18.3 Å². The Balaban J connectivity index is 2.12. The molecule has 1 heterocycles. The highest BCUT2D eigenvalue weighted by atomic mass is 15.0. The molecule has 0 fully saturated rings. The van der Waals surface area contributed by atoms with Gasteiger partial charge in [-0.1, -0.05) is 18.2 Å². The largest absolute Gasteiger partial charge is 0.340 e. The molecule has 0 spiro atoms. The van der Waals surface area contributed by atoms with E-state index in [1.807, 2.05) is 36.4 Å². The van der Waals surface area contributed by atoms with Crippen molar-refractivity contribution in [3.8, 4) is 0 Å². The van der Waals surface area contributed by atoms with E-state index in [1.165, 1.54) is 0 Å². The van der Waals surface area contributed by atoms with Crippen molar-refractivity contribution in [2.45, 2.75) is 6.42 Å². The highest BCUT2D eigenvalue weighted by Crippen LogP contribution is 2.12. The van der Waals surface area contributed by atoms with E-state index in [2.05, 4.69) is 15.3 Å². The normalized spacial score (nSPS) is 10.1. The maximum absolute atomic E-state index is 5.46. The van der Waals surface area contributed by atoms with Gasteiger partial charge >= 0.3 is 0 Å². The summed E-state index contributed by atoms with van der Waals surface area (Å²) in [6.45, 7) is 0.564. The highest BCUT2D eigenvalue weighted by Gasteiger charge is 1.98. The van der Waals surface area contributed by atoms with Crippen molar-refractivity contribution in [3.05, 3.63) is 48.4 Å². The Hall–Kier alpha value is -1.94. The summed E-state index contributed by atoms with van der Waals surface area (Å²) in [5, 5.41) is 3.21. The van der Waals surface area contributed by atoms with Crippen LogP contribution in [0.5, 0.6) is 0 Å². The minimum atomic E-state index is 0.564. The average Bonchev–Trinajstić information content (AvgIpc) is 2.31. The Bertz CT molecular complexity index is 442. The summed E-state index contributed by atoms with van der Waals surface area (Å²) in [6, 6.07) is 11.8. The van der Waals surface area contributed by atoms with Crippen molar-refractivity contribution >= 4 is 11.5 Å². The zero-order chi connectivity index (χ0) is 11.2. The number of benzene rings is 1. The van der Waals surface area contributed by atoms with Gasteiger partial charge in [-0.15, -0.1) is 0 Å². The molecule has 1 aromatic carbocycles. The second kappa shape index (κ2) is 5.23. The number of nitrogens with two attached hydrogens (primary N) is 1. The van der Waals surface area contributed by atoms with Crippen LogP contribution in [-0.4, -0.2) is 16.5 Å². The summed E-state index contributed by atoms with van der Waals surface area (Å²) in [5.41, 5.74) is 6.48. The Morgan fingerprint density at radius 2 is 1.94 bits per heavy atom. The molecule has 0 saturated carbocycles. The number of nitrogens with one attached hydrogen (secondary N) is 1. The summed E-state index contributed by atoms with van der Waals surface area (Å²) in [7, 11) is 0. The van der Waals surface area contributed by atoms with Crippen molar-refractivity contribution < 1.29 is 0 Å². The second-order valence-electron chi connectivity index (χ2n) is 3.39. The van der Waals surface area contributed by atoms with Gasteiger partial charge in [-0.3, -0.25) is 0 Å². The Kier molecular flexibility index (Phi) is 3.46. The van der Waals surface area contributed by atoms with Gasteiger partial charge in [0.15, 0.2) is 0 Å². The summed E-state index contributed by atoms with van der Waals surface area (Å²) in [5.74, 6) is 1.56. The average molecular weight is 214 g/mol. The number of rotatable bonds is 4. The van der Waals surface area contributed by atoms with Gasteiger partial charge in [0.25, 0.3) is 0 Å². The molecule has 0 atom stereocenters. The van der Waals surface area contributed by atoms with Crippen LogP contribution in [0.2, 0.25) is 0 Å². The lowest BCUT2D eigenvalue weighted by Gasteiger charge is -2.05. The molecule has 0 aliphatic heterocycles. The van der Waals surface area contributed by atoms with Crippen molar-refractivity contribution in [2.24, 2.45) is 5.73 Å². The molecule has 0 saturated heterocycles. The number of hydrogen-bond donors (Lipinski definition) is 2. The third-order valence-electron chi connectivity index (χ3n) is 2.12. The molecule has 0 bridgehead atoms. The summed E-state index contributed by atoms with van der Waals surface area (Å²) >= 11 is 0. The standard InChI is InChI=1S/C12H14N4/c13-8-6-11-14-9-7-12(16-11)15-10-4-2-1-3-5-10/h1-5,7,9H,6,8,13H2,(H,14,15,16). The monoisotopic (exact) mass is 214 g/mol. The van der Waals surface area contributed by atoms with Crippen LogP contribution in [0.15, 0.2) is 42.6 Å². The molecule has 1 aromatic heterocycles. The lowest BCUT2D eigenvalue weighted by molar-refractivity contribution is 0.870. The molecule has 16 heavy (non-hydrogen) atoms. The van der Waals surface area contributed by atoms with Gasteiger partial charge in [-0.2, -0.15) is 0 Å². The molecule has 82 valence electrons. The molecule has 2 aromatic rings. The minimum absolute atomic E-state index is 0.564. The number of nitrogens with zero attached hydrogens (tertiary/aromatic N) is 2. The van der Waals surface area contributed by atoms with Gasteiger partial charge in [-0.05, 0) is 24.7 Å². The van der Waals surface area contributed by atoms with Crippen LogP contribution in [0, 0.1) is 0 Å². The fraction of sp³-hybridized carbons (Fsp3) is 0.167. The van der Waals surface area contributed by atoms with Crippen LogP contribution in [-0.2, 0) is 6.42 Å². The quantitative estimate of drug-likeness (QED) is 0.813. The van der Waals surface area contributed by atoms with E-state index < -0.39 is 0 Å². The van der Waals surface area contributed by atoms with E-state index in [0.29, 0.717) is 13.0 Å². The fourth-order valence-corrected chi connectivity index (χ4v) is 1.39. The number of para-hydroxylation sites is 1. The molecule has 0 amide bonds. The van der Waals surface area contributed by atoms with Crippen LogP contribution in [0.1, 0.15) is 5.82 Å². The van der Waals surface area contributed by atoms with E-state index in [0.717, 1.165) is 17.3 Å². The summed E-state index contributed by atoms with van der Waals surface area (Å²) in [6.07, 6.45) is 2.44. The maximum Gasteiger partial charge on any atom is 0.134 e. The first-order valence-electron chi connectivity index (χ1n) is 5.22. The van der Waals surface area contributed by atoms with Gasteiger partial charge in [0.05, 0.1) is 0 Å². The molecule has 0 radical (unpaired) electrons. The maximum atomic E-state index is 5.46. The van der Waals surface area contributed by atoms with E-state index in [1.54, 1.807) is 6.20 Å². The van der Waals surface area contributed by atoms with Gasteiger partial charge in [0.2, 0.25) is 0 Å². The van der Waals surface area contributed by atoms with Crippen LogP contribution in [0.3, 0.4) is 0 Å². The Morgan fingerprint density at radius 3 is 2.69 bits per heavy atom. The number of anilines is 2. The highest BCUT2D eigenvalue weighted by molar-refractivity contribution is 5.55. The first-order chi connectivity index (χ1) is 7.88. The first-order valence-corrected chi connectivity index (χ1v) is 5.22. The molecule has 0 aliphatic carbocycles. The Labute approximate surface area is 94.5 Å². The molecular formula is C12H14N4. The summed E-state index contributed by atoms with van der Waals surface area (Å²) in [4.78, 5) is 8.50. The third kappa shape index (κ3) is 2.77. The molecule has 0 unspecified atom stereocenters. The third-order valence-corrected chi connectivity index (χ3v) is 2.12. The second-order valence-corrected chi connectivity index (χ2v) is 3.39. The van der Waals surface area contributed by atoms with E-state index >= 15 is 0 Å². The Morgan fingerprint density at radius 1 is 1.12 bits per heavy atom. The lowest BCUT2D eigenvalue weighted by Crippen LogP contribution is -2.07. The van der Waals surface area contributed by atoms with Crippen molar-refractivity contribution in [1.29, 1.82) is 0 Å². The molecule has 3 N–H and O–H groups in total. The van der Waals surface area contributed by atoms with Gasteiger partial charge in [-0.25, -0.2) is 9.97 Å². The number of hydrogen-bond acceptors (Lipinski definition) is 4. The van der Waals surface area contributed by atoms with Gasteiger partial charge in [0.1, 0.15) is 11.6 Å². The molecule has 0 aliphatic rings. The predicted molar refractivity (Wildman–Crippen MR) is 64.5 cm³/mol. The molecular weight excluding hydrogens is 200 g/mol. The lowest BCUT2D eigenvalue weighted by atomic mass is 10.3. The van der Waals surface area contributed by atoms with Gasteiger partial charge < -0.3 is 11.1 Å². The van der Waals surface area contributed by atoms with E-state index in [9.17, 15) is 0 Å². The smallest absolute Gasteiger partial charge is 0.134 e.